The van der Waals surface area contributed by atoms with Gasteiger partial charge in [0.2, 0.25) is 11.1 Å². The molecular formula is C17H15N5OS. The van der Waals surface area contributed by atoms with E-state index in [4.69, 9.17) is 11.5 Å². The van der Waals surface area contributed by atoms with Crippen molar-refractivity contribution in [3.05, 3.63) is 59.7 Å². The Morgan fingerprint density at radius 2 is 1.83 bits per heavy atom. The van der Waals surface area contributed by atoms with E-state index in [2.05, 4.69) is 15.0 Å². The van der Waals surface area contributed by atoms with Crippen molar-refractivity contribution in [2.75, 3.05) is 0 Å². The molecule has 1 aromatic heterocycles. The summed E-state index contributed by atoms with van der Waals surface area (Å²) >= 11 is 1.42. The first-order chi connectivity index (χ1) is 11.5. The second-order valence-electron chi connectivity index (χ2n) is 5.07. The van der Waals surface area contributed by atoms with Gasteiger partial charge in [0.15, 0.2) is 5.78 Å². The number of carbonyl (C=O) groups excluding carboxylic acids is 1. The highest BCUT2D eigenvalue weighted by Gasteiger charge is 2.05. The van der Waals surface area contributed by atoms with Gasteiger partial charge in [-0.15, -0.1) is 0 Å². The van der Waals surface area contributed by atoms with Gasteiger partial charge in [-0.05, 0) is 25.1 Å². The highest BCUT2D eigenvalue weighted by Crippen LogP contribution is 2.27. The Balaban J connectivity index is 1.88. The lowest BCUT2D eigenvalue weighted by atomic mass is 10.1. The minimum Gasteiger partial charge on any atom is -0.383 e. The topological polar surface area (TPSA) is 107 Å². The van der Waals surface area contributed by atoms with E-state index in [0.29, 0.717) is 16.3 Å². The number of nitrogens with zero attached hydrogens (tertiary/aromatic N) is 3. The molecule has 0 unspecified atom stereocenters. The number of ketones is 1. The molecule has 1 heterocycles. The average Bonchev–Trinajstić information content (AvgIpc) is 2.96. The molecule has 24 heavy (non-hydrogen) atoms. The summed E-state index contributed by atoms with van der Waals surface area (Å²) in [6.45, 7) is 1.50. The lowest BCUT2D eigenvalue weighted by Crippen LogP contribution is -2.19. The zero-order valence-corrected chi connectivity index (χ0v) is 13.7. The molecule has 0 aliphatic heterocycles. The highest BCUT2D eigenvalue weighted by molar-refractivity contribution is 7.22. The first kappa shape index (κ1) is 15.8. The Labute approximate surface area is 142 Å². The van der Waals surface area contributed by atoms with Crippen molar-refractivity contribution in [3.8, 4) is 0 Å². The molecule has 0 spiro atoms. The van der Waals surface area contributed by atoms with Gasteiger partial charge in [-0.2, -0.15) is 9.98 Å². The van der Waals surface area contributed by atoms with Crippen LogP contribution in [0.4, 0.5) is 5.13 Å². The minimum absolute atomic E-state index is 0.0137. The molecule has 0 aliphatic rings. The Bertz CT molecular complexity index is 941. The van der Waals surface area contributed by atoms with Gasteiger partial charge < -0.3 is 11.5 Å². The van der Waals surface area contributed by atoms with Crippen molar-refractivity contribution >= 4 is 44.3 Å². The summed E-state index contributed by atoms with van der Waals surface area (Å²) < 4.78 is 1.02. The number of hydrogen-bond donors (Lipinski definition) is 2. The second kappa shape index (κ2) is 6.59. The summed E-state index contributed by atoms with van der Waals surface area (Å²) in [5.74, 6) is 0.168. The van der Waals surface area contributed by atoms with Crippen molar-refractivity contribution in [1.82, 2.24) is 4.98 Å². The summed E-state index contributed by atoms with van der Waals surface area (Å²) in [6, 6.07) is 14.6. The fourth-order valence-corrected chi connectivity index (χ4v) is 2.96. The van der Waals surface area contributed by atoms with Crippen molar-refractivity contribution < 1.29 is 4.79 Å². The predicted molar refractivity (Wildman–Crippen MR) is 98.1 cm³/mol. The normalized spacial score (nSPS) is 12.5. The largest absolute Gasteiger partial charge is 0.383 e. The first-order valence-corrected chi connectivity index (χ1v) is 8.00. The Morgan fingerprint density at radius 3 is 2.58 bits per heavy atom. The molecule has 0 radical (unpaired) electrons. The van der Waals surface area contributed by atoms with E-state index in [-0.39, 0.29) is 17.6 Å². The van der Waals surface area contributed by atoms with E-state index in [1.54, 1.807) is 24.3 Å². The maximum absolute atomic E-state index is 11.4. The summed E-state index contributed by atoms with van der Waals surface area (Å²) in [4.78, 5) is 24.1. The van der Waals surface area contributed by atoms with Gasteiger partial charge in [-0.3, -0.25) is 4.79 Å². The lowest BCUT2D eigenvalue weighted by Gasteiger charge is -2.02. The van der Waals surface area contributed by atoms with E-state index >= 15 is 0 Å². The third kappa shape index (κ3) is 3.47. The number of fused-ring (bicyclic) bond motifs is 1. The van der Waals surface area contributed by atoms with Crippen LogP contribution < -0.4 is 11.5 Å². The number of rotatable bonds is 3. The van der Waals surface area contributed by atoms with E-state index in [9.17, 15) is 4.79 Å². The standard InChI is InChI=1S/C17H15N5OS/c1-10(23)11-5-4-6-12(9-11)15(18)21-16(19)22-17-20-13-7-2-3-8-14(13)24-17/h2-9H,1H3,(H4,18,19,20,21,22). The number of amidine groups is 1. The Kier molecular flexibility index (Phi) is 4.35. The van der Waals surface area contributed by atoms with Crippen molar-refractivity contribution in [3.63, 3.8) is 0 Å². The number of carbonyl (C=O) groups is 1. The quantitative estimate of drug-likeness (QED) is 0.435. The SMILES string of the molecule is CC(=O)c1cccc(/C(N)=N/C(N)=N/c2nc3ccccc3s2)c1. The number of aromatic nitrogens is 1. The lowest BCUT2D eigenvalue weighted by molar-refractivity contribution is 0.101. The number of Topliss-reactive ketones (excluding diaryl/α,β-unsaturated/α-hetero) is 1. The van der Waals surface area contributed by atoms with Gasteiger partial charge >= 0.3 is 0 Å². The molecule has 4 N–H and O–H groups in total. The van der Waals surface area contributed by atoms with Gasteiger partial charge in [0, 0.05) is 11.1 Å². The maximum atomic E-state index is 11.4. The van der Waals surface area contributed by atoms with Crippen LogP contribution in [-0.4, -0.2) is 22.6 Å². The van der Waals surface area contributed by atoms with Crippen LogP contribution in [0.2, 0.25) is 0 Å². The molecule has 0 amide bonds. The van der Waals surface area contributed by atoms with Crippen LogP contribution in [0.1, 0.15) is 22.8 Å². The minimum atomic E-state index is -0.0410. The molecule has 7 heteroatoms. The molecule has 3 aromatic rings. The molecule has 0 atom stereocenters. The highest BCUT2D eigenvalue weighted by atomic mass is 32.1. The van der Waals surface area contributed by atoms with Crippen LogP contribution >= 0.6 is 11.3 Å². The predicted octanol–water partition coefficient (Wildman–Crippen LogP) is 2.85. The molecule has 2 aromatic carbocycles. The second-order valence-corrected chi connectivity index (χ2v) is 6.08. The van der Waals surface area contributed by atoms with Crippen LogP contribution in [0.25, 0.3) is 10.2 Å². The number of aliphatic imine (C=N–C) groups is 2. The van der Waals surface area contributed by atoms with E-state index in [1.807, 2.05) is 24.3 Å². The van der Waals surface area contributed by atoms with Gasteiger partial charge in [0.05, 0.1) is 10.2 Å². The van der Waals surface area contributed by atoms with Crippen molar-refractivity contribution in [2.24, 2.45) is 21.5 Å². The van der Waals surface area contributed by atoms with E-state index in [0.717, 1.165) is 10.2 Å². The molecular weight excluding hydrogens is 322 g/mol. The fraction of sp³-hybridized carbons (Fsp3) is 0.0588. The molecule has 0 bridgehead atoms. The number of para-hydroxylation sites is 1. The third-order valence-corrected chi connectivity index (χ3v) is 4.22. The number of nitrogens with two attached hydrogens (primary N) is 2. The fourth-order valence-electron chi connectivity index (χ4n) is 2.12. The molecule has 0 saturated heterocycles. The zero-order chi connectivity index (χ0) is 17.1. The number of hydrogen-bond acceptors (Lipinski definition) is 4. The van der Waals surface area contributed by atoms with Crippen LogP contribution in [-0.2, 0) is 0 Å². The van der Waals surface area contributed by atoms with Gasteiger partial charge in [-0.1, -0.05) is 41.7 Å². The summed E-state index contributed by atoms with van der Waals surface area (Å²) in [5, 5.41) is 0.516. The van der Waals surface area contributed by atoms with Crippen molar-refractivity contribution in [1.29, 1.82) is 0 Å². The average molecular weight is 337 g/mol. The number of thiazole rings is 1. The molecule has 6 nitrogen and oxygen atoms in total. The van der Waals surface area contributed by atoms with Crippen LogP contribution in [0, 0.1) is 0 Å². The Hall–Kier alpha value is -3.06. The molecule has 0 fully saturated rings. The maximum Gasteiger partial charge on any atom is 0.224 e. The smallest absolute Gasteiger partial charge is 0.224 e. The van der Waals surface area contributed by atoms with E-state index < -0.39 is 0 Å². The molecule has 120 valence electrons. The summed E-state index contributed by atoms with van der Waals surface area (Å²) in [5.41, 5.74) is 13.8. The van der Waals surface area contributed by atoms with E-state index in [1.165, 1.54) is 18.3 Å². The van der Waals surface area contributed by atoms with Gasteiger partial charge in [0.25, 0.3) is 0 Å². The van der Waals surface area contributed by atoms with Gasteiger partial charge in [-0.25, -0.2) is 4.98 Å². The van der Waals surface area contributed by atoms with Crippen LogP contribution in [0.5, 0.6) is 0 Å². The molecule has 0 saturated carbocycles. The molecule has 0 aliphatic carbocycles. The summed E-state index contributed by atoms with van der Waals surface area (Å²) in [7, 11) is 0. The summed E-state index contributed by atoms with van der Waals surface area (Å²) in [6.07, 6.45) is 0. The Morgan fingerprint density at radius 1 is 1.08 bits per heavy atom. The zero-order valence-electron chi connectivity index (χ0n) is 12.9. The molecule has 3 rings (SSSR count). The van der Waals surface area contributed by atoms with Crippen LogP contribution in [0.15, 0.2) is 58.5 Å². The number of benzene rings is 2. The van der Waals surface area contributed by atoms with Gasteiger partial charge in [0.1, 0.15) is 5.84 Å². The monoisotopic (exact) mass is 337 g/mol. The van der Waals surface area contributed by atoms with Crippen molar-refractivity contribution in [2.45, 2.75) is 6.92 Å². The number of guanidine groups is 1. The third-order valence-electron chi connectivity index (χ3n) is 3.29. The van der Waals surface area contributed by atoms with Crippen LogP contribution in [0.3, 0.4) is 0 Å². The first-order valence-electron chi connectivity index (χ1n) is 7.18.